The lowest BCUT2D eigenvalue weighted by atomic mass is 9.98. The molecular formula is C18H25NO4S. The van der Waals surface area contributed by atoms with E-state index < -0.39 is 11.2 Å². The third kappa shape index (κ3) is 5.83. The van der Waals surface area contributed by atoms with Crippen molar-refractivity contribution in [3.05, 3.63) is 29.8 Å². The van der Waals surface area contributed by atoms with Crippen molar-refractivity contribution in [3.63, 3.8) is 0 Å². The van der Waals surface area contributed by atoms with Gasteiger partial charge in [0.05, 0.1) is 18.3 Å². The van der Waals surface area contributed by atoms with Crippen molar-refractivity contribution in [1.82, 2.24) is 5.32 Å². The largest absolute Gasteiger partial charge is 0.480 e. The van der Waals surface area contributed by atoms with Gasteiger partial charge in [-0.1, -0.05) is 31.4 Å². The van der Waals surface area contributed by atoms with Crippen LogP contribution in [0.2, 0.25) is 0 Å². The van der Waals surface area contributed by atoms with E-state index in [-0.39, 0.29) is 5.91 Å². The number of carboxylic acids is 1. The fourth-order valence-electron chi connectivity index (χ4n) is 2.72. The van der Waals surface area contributed by atoms with E-state index in [4.69, 9.17) is 9.84 Å². The molecule has 1 aromatic carbocycles. The maximum atomic E-state index is 12.3. The molecule has 132 valence electrons. The lowest BCUT2D eigenvalue weighted by Crippen LogP contribution is -2.29. The van der Waals surface area contributed by atoms with Crippen LogP contribution in [0.4, 0.5) is 0 Å². The van der Waals surface area contributed by atoms with Gasteiger partial charge in [-0.3, -0.25) is 9.59 Å². The summed E-state index contributed by atoms with van der Waals surface area (Å²) in [4.78, 5) is 24.0. The van der Waals surface area contributed by atoms with Gasteiger partial charge in [0, 0.05) is 11.4 Å². The minimum Gasteiger partial charge on any atom is -0.480 e. The fraction of sp³-hybridized carbons (Fsp3) is 0.556. The number of aliphatic carboxylic acids is 1. The molecule has 0 spiro atoms. The maximum Gasteiger partial charge on any atom is 0.316 e. The number of hydrogen-bond acceptors (Lipinski definition) is 4. The van der Waals surface area contributed by atoms with Crippen molar-refractivity contribution in [2.24, 2.45) is 0 Å². The van der Waals surface area contributed by atoms with E-state index in [9.17, 15) is 9.59 Å². The van der Waals surface area contributed by atoms with Gasteiger partial charge in [-0.25, -0.2) is 0 Å². The zero-order valence-corrected chi connectivity index (χ0v) is 14.8. The van der Waals surface area contributed by atoms with E-state index >= 15 is 0 Å². The smallest absolute Gasteiger partial charge is 0.316 e. The van der Waals surface area contributed by atoms with Crippen LogP contribution >= 0.6 is 11.8 Å². The molecule has 2 N–H and O–H groups in total. The van der Waals surface area contributed by atoms with Gasteiger partial charge in [-0.05, 0) is 31.9 Å². The van der Waals surface area contributed by atoms with Gasteiger partial charge < -0.3 is 15.2 Å². The normalized spacial score (nSPS) is 16.5. The van der Waals surface area contributed by atoms with Gasteiger partial charge in [0.1, 0.15) is 5.25 Å². The number of ether oxygens (including phenoxy) is 1. The number of nitrogens with one attached hydrogen (secondary N) is 1. The van der Waals surface area contributed by atoms with Crippen molar-refractivity contribution in [3.8, 4) is 0 Å². The van der Waals surface area contributed by atoms with Crippen molar-refractivity contribution in [2.75, 3.05) is 13.2 Å². The second-order valence-corrected chi connectivity index (χ2v) is 7.36. The molecule has 1 aliphatic rings. The summed E-state index contributed by atoms with van der Waals surface area (Å²) in [5.41, 5.74) is 0.508. The Balaban J connectivity index is 1.82. The molecule has 0 bridgehead atoms. The molecule has 0 saturated heterocycles. The number of benzene rings is 1. The Morgan fingerprint density at radius 1 is 1.29 bits per heavy atom. The summed E-state index contributed by atoms with van der Waals surface area (Å²) in [6, 6.07) is 7.08. The first-order valence-electron chi connectivity index (χ1n) is 8.46. The number of amides is 1. The molecule has 1 amide bonds. The second kappa shape index (κ2) is 9.69. The van der Waals surface area contributed by atoms with E-state index in [0.29, 0.717) is 29.7 Å². The summed E-state index contributed by atoms with van der Waals surface area (Å²) in [6.07, 6.45) is 6.29. The highest BCUT2D eigenvalue weighted by molar-refractivity contribution is 8.00. The first kappa shape index (κ1) is 18.8. The van der Waals surface area contributed by atoms with Crippen LogP contribution in [-0.4, -0.2) is 41.5 Å². The number of hydrogen-bond donors (Lipinski definition) is 2. The number of carbonyl (C=O) groups excluding carboxylic acids is 1. The van der Waals surface area contributed by atoms with Gasteiger partial charge >= 0.3 is 5.97 Å². The van der Waals surface area contributed by atoms with Crippen LogP contribution in [0, 0.1) is 0 Å². The molecule has 2 rings (SSSR count). The molecule has 0 aliphatic heterocycles. The standard InChI is InChI=1S/C18H25NO4S/c1-13(18(21)22)24-16-10-6-5-9-15(16)17(20)19-11-12-23-14-7-3-2-4-8-14/h5-6,9-10,13-14H,2-4,7-8,11-12H2,1H3,(H,19,20)(H,21,22). The Hall–Kier alpha value is -1.53. The molecule has 1 fully saturated rings. The van der Waals surface area contributed by atoms with Gasteiger partial charge in [0.25, 0.3) is 5.91 Å². The Morgan fingerprint density at radius 3 is 2.71 bits per heavy atom. The first-order chi connectivity index (χ1) is 11.6. The maximum absolute atomic E-state index is 12.3. The van der Waals surface area contributed by atoms with Gasteiger partial charge in [0.15, 0.2) is 0 Å². The summed E-state index contributed by atoms with van der Waals surface area (Å²) in [7, 11) is 0. The molecule has 1 unspecified atom stereocenters. The summed E-state index contributed by atoms with van der Waals surface area (Å²) in [5, 5.41) is 11.3. The predicted octanol–water partition coefficient (Wildman–Crippen LogP) is 3.33. The van der Waals surface area contributed by atoms with Crippen LogP contribution in [0.5, 0.6) is 0 Å². The summed E-state index contributed by atoms with van der Waals surface area (Å²) in [6.45, 7) is 2.58. The number of thioether (sulfide) groups is 1. The van der Waals surface area contributed by atoms with Crippen LogP contribution in [0.1, 0.15) is 49.4 Å². The predicted molar refractivity (Wildman–Crippen MR) is 94.6 cm³/mol. The Labute approximate surface area is 147 Å². The molecule has 0 aromatic heterocycles. The zero-order chi connectivity index (χ0) is 17.4. The molecule has 1 aliphatic carbocycles. The summed E-state index contributed by atoms with van der Waals surface area (Å²) < 4.78 is 5.80. The topological polar surface area (TPSA) is 75.6 Å². The summed E-state index contributed by atoms with van der Waals surface area (Å²) in [5.74, 6) is -1.08. The third-order valence-electron chi connectivity index (χ3n) is 4.08. The molecule has 0 heterocycles. The van der Waals surface area contributed by atoms with Crippen LogP contribution in [0.25, 0.3) is 0 Å². The Morgan fingerprint density at radius 2 is 2.00 bits per heavy atom. The van der Waals surface area contributed by atoms with Crippen LogP contribution < -0.4 is 5.32 Å². The van der Waals surface area contributed by atoms with Gasteiger partial charge in [0.2, 0.25) is 0 Å². The van der Waals surface area contributed by atoms with E-state index in [1.165, 1.54) is 31.0 Å². The number of rotatable bonds is 8. The van der Waals surface area contributed by atoms with Gasteiger partial charge in [-0.15, -0.1) is 11.8 Å². The van der Waals surface area contributed by atoms with Crippen LogP contribution in [-0.2, 0) is 9.53 Å². The molecule has 1 aromatic rings. The van der Waals surface area contributed by atoms with Crippen molar-refractivity contribution in [1.29, 1.82) is 0 Å². The highest BCUT2D eigenvalue weighted by Crippen LogP contribution is 2.27. The molecule has 6 heteroatoms. The lowest BCUT2D eigenvalue weighted by Gasteiger charge is -2.22. The quantitative estimate of drug-likeness (QED) is 0.555. The Bertz CT molecular complexity index is 558. The summed E-state index contributed by atoms with van der Waals surface area (Å²) >= 11 is 1.18. The van der Waals surface area contributed by atoms with Crippen molar-refractivity contribution in [2.45, 2.75) is 55.3 Å². The van der Waals surface area contributed by atoms with Gasteiger partial charge in [-0.2, -0.15) is 0 Å². The average molecular weight is 351 g/mol. The molecule has 24 heavy (non-hydrogen) atoms. The third-order valence-corrected chi connectivity index (χ3v) is 5.24. The van der Waals surface area contributed by atoms with E-state index in [2.05, 4.69) is 5.32 Å². The molecular weight excluding hydrogens is 326 g/mol. The SMILES string of the molecule is CC(Sc1ccccc1C(=O)NCCOC1CCCCC1)C(=O)O. The van der Waals surface area contributed by atoms with Crippen molar-refractivity contribution >= 4 is 23.6 Å². The highest BCUT2D eigenvalue weighted by atomic mass is 32.2. The fourth-order valence-corrected chi connectivity index (χ4v) is 3.64. The number of carbonyl (C=O) groups is 2. The van der Waals surface area contributed by atoms with E-state index in [0.717, 1.165) is 12.8 Å². The van der Waals surface area contributed by atoms with E-state index in [1.54, 1.807) is 31.2 Å². The average Bonchev–Trinajstić information content (AvgIpc) is 2.60. The molecule has 5 nitrogen and oxygen atoms in total. The minimum atomic E-state index is -0.893. The molecule has 1 atom stereocenters. The van der Waals surface area contributed by atoms with Crippen molar-refractivity contribution < 1.29 is 19.4 Å². The van der Waals surface area contributed by atoms with E-state index in [1.807, 2.05) is 0 Å². The monoisotopic (exact) mass is 351 g/mol. The Kier molecular flexibility index (Phi) is 7.59. The first-order valence-corrected chi connectivity index (χ1v) is 9.34. The molecule has 0 radical (unpaired) electrons. The van der Waals surface area contributed by atoms with Crippen LogP contribution in [0.15, 0.2) is 29.2 Å². The minimum absolute atomic E-state index is 0.192. The highest BCUT2D eigenvalue weighted by Gasteiger charge is 2.18. The second-order valence-electron chi connectivity index (χ2n) is 5.98. The van der Waals surface area contributed by atoms with Crippen LogP contribution in [0.3, 0.4) is 0 Å². The number of carboxylic acid groups (broad SMARTS) is 1. The zero-order valence-electron chi connectivity index (χ0n) is 14.0. The lowest BCUT2D eigenvalue weighted by molar-refractivity contribution is -0.136. The molecule has 1 saturated carbocycles.